The van der Waals surface area contributed by atoms with E-state index in [1.807, 2.05) is 0 Å². The number of aromatic amines is 1. The van der Waals surface area contributed by atoms with Gasteiger partial charge >= 0.3 is 13.6 Å². The molecule has 242 valence electrons. The summed E-state index contributed by atoms with van der Waals surface area (Å²) in [5.74, 6) is -0.266. The van der Waals surface area contributed by atoms with Crippen LogP contribution in [-0.2, 0) is 36.7 Å². The van der Waals surface area contributed by atoms with Crippen LogP contribution in [0.15, 0.2) is 29.7 Å². The number of nitrogens with two attached hydrogens (primary N) is 2. The summed E-state index contributed by atoms with van der Waals surface area (Å²) in [5.41, 5.74) is 11.4. The largest absolute Gasteiger partial charge is 0.397 e. The molecule has 4 aromatic rings. The second kappa shape index (κ2) is 11.3. The second-order valence-corrected chi connectivity index (χ2v) is 15.9. The van der Waals surface area contributed by atoms with Crippen molar-refractivity contribution < 1.29 is 45.5 Å². The Bertz CT molecular complexity index is 1950. The van der Waals surface area contributed by atoms with E-state index in [0.717, 1.165) is 10.9 Å². The Balaban J connectivity index is 1.17. The van der Waals surface area contributed by atoms with E-state index in [4.69, 9.17) is 39.0 Å². The normalized spacial score (nSPS) is 37.7. The molecule has 7 rings (SSSR count). The molecule has 7 heterocycles. The van der Waals surface area contributed by atoms with Crippen molar-refractivity contribution in [1.29, 1.82) is 0 Å². The van der Waals surface area contributed by atoms with Gasteiger partial charge in [0.05, 0.1) is 31.6 Å². The van der Waals surface area contributed by atoms with Gasteiger partial charge in [-0.2, -0.15) is 4.98 Å². The quantitative estimate of drug-likeness (QED) is 0.148. The second-order valence-electron chi connectivity index (χ2n) is 10.2. The monoisotopic (exact) mass is 709 g/mol. The number of nitrogens with one attached hydrogen (secondary N) is 1. The summed E-state index contributed by atoms with van der Waals surface area (Å²) in [6, 6.07) is 1.51. The van der Waals surface area contributed by atoms with Crippen LogP contribution in [0.4, 0.5) is 20.4 Å². The molecule has 0 amide bonds. The summed E-state index contributed by atoms with van der Waals surface area (Å²) in [5, 5.41) is 0. The molecule has 0 bridgehead atoms. The average molecular weight is 710 g/mol. The number of nitrogens with zero attached hydrogens (tertiary/aromatic N) is 6. The van der Waals surface area contributed by atoms with Gasteiger partial charge in [-0.1, -0.05) is 24.5 Å². The Hall–Kier alpha value is -2.65. The van der Waals surface area contributed by atoms with Gasteiger partial charge in [-0.05, 0) is 6.07 Å². The number of thiol groups is 2. The Morgan fingerprint density at radius 1 is 0.867 bits per heavy atom. The molecule has 4 aromatic heterocycles. The lowest BCUT2D eigenvalue weighted by Crippen LogP contribution is -2.36. The van der Waals surface area contributed by atoms with Crippen LogP contribution in [-0.4, -0.2) is 84.0 Å². The number of anilines is 2. The van der Waals surface area contributed by atoms with Gasteiger partial charge in [0, 0.05) is 6.20 Å². The minimum absolute atomic E-state index is 0.118. The van der Waals surface area contributed by atoms with Crippen molar-refractivity contribution in [1.82, 2.24) is 34.1 Å². The van der Waals surface area contributed by atoms with E-state index in [-0.39, 0.29) is 34.0 Å². The minimum atomic E-state index is -4.43. The van der Waals surface area contributed by atoms with Crippen LogP contribution in [0.2, 0.25) is 0 Å². The zero-order valence-corrected chi connectivity index (χ0v) is 26.0. The highest BCUT2D eigenvalue weighted by Gasteiger charge is 2.54. The van der Waals surface area contributed by atoms with Gasteiger partial charge in [-0.25, -0.2) is 32.9 Å². The molecule has 5 N–H and O–H groups in total. The van der Waals surface area contributed by atoms with Gasteiger partial charge < -0.3 is 20.9 Å². The maximum Gasteiger partial charge on any atom is 0.386 e. The summed E-state index contributed by atoms with van der Waals surface area (Å²) in [7, 11) is 0. The lowest BCUT2D eigenvalue weighted by molar-refractivity contribution is -0.0544. The van der Waals surface area contributed by atoms with E-state index in [9.17, 15) is 13.9 Å². The van der Waals surface area contributed by atoms with Crippen LogP contribution in [0.5, 0.6) is 0 Å². The van der Waals surface area contributed by atoms with Crippen molar-refractivity contribution in [2.75, 3.05) is 24.7 Å². The third kappa shape index (κ3) is 5.56. The summed E-state index contributed by atoms with van der Waals surface area (Å²) in [4.78, 5) is 30.7. The first-order valence-electron chi connectivity index (χ1n) is 13.0. The molecule has 0 aliphatic carbocycles. The molecule has 3 saturated heterocycles. The highest BCUT2D eigenvalue weighted by atomic mass is 32.7. The van der Waals surface area contributed by atoms with Gasteiger partial charge in [0.25, 0.3) is 5.56 Å². The number of hydrogen-bond acceptors (Lipinski definition) is 15. The summed E-state index contributed by atoms with van der Waals surface area (Å²) >= 11 is 7.96. The lowest BCUT2D eigenvalue weighted by Gasteiger charge is -2.28. The van der Waals surface area contributed by atoms with E-state index >= 15 is 8.78 Å². The van der Waals surface area contributed by atoms with Crippen molar-refractivity contribution in [2.45, 2.75) is 49.2 Å². The van der Waals surface area contributed by atoms with E-state index in [1.54, 1.807) is 0 Å². The molecule has 0 spiro atoms. The molecule has 24 heteroatoms. The number of halogens is 2. The molecule has 45 heavy (non-hydrogen) atoms. The van der Waals surface area contributed by atoms with E-state index < -0.39 is 81.6 Å². The van der Waals surface area contributed by atoms with Gasteiger partial charge in [0.15, 0.2) is 41.6 Å². The van der Waals surface area contributed by atoms with Gasteiger partial charge in [0.2, 0.25) is 5.95 Å². The van der Waals surface area contributed by atoms with E-state index in [1.165, 1.54) is 23.2 Å². The fraction of sp³-hybridized carbons (Fsp3) is 0.476. The number of aromatic nitrogens is 7. The predicted molar refractivity (Wildman–Crippen MR) is 157 cm³/mol. The standard InChI is InChI=1S/C21H23F2N9O9P2S2/c22-10-14-8(38-19(10)31-5-27-12-7(24)1-2-26-16(12)31)3-36-43(35,45)41-15-9(4-37-42(34,44)40-14)39-20(11(15)23)32-6-28-13-17(32)29-21(25)30-18(13)33/h1-2,5-6,8-11,14-15,19-20H,3-4H2,(H2,24,26)(H,34,44)(H,35,45)(H3,25,29,30,33)/t8?,9?,10-,11-,14-,15-,19?,20?,42?,43?/m1/s1. The Kier molecular flexibility index (Phi) is 7.75. The Morgan fingerprint density at radius 2 is 1.40 bits per heavy atom. The number of nitrogen functional groups attached to an aromatic ring is 2. The van der Waals surface area contributed by atoms with Crippen LogP contribution < -0.4 is 17.0 Å². The first kappa shape index (κ1) is 31.0. The van der Waals surface area contributed by atoms with E-state index in [2.05, 4.69) is 49.4 Å². The number of H-pyrrole nitrogens is 1. The first-order valence-corrected chi connectivity index (χ1v) is 18.4. The highest BCUT2D eigenvalue weighted by molar-refractivity contribution is 8.44. The van der Waals surface area contributed by atoms with Crippen molar-refractivity contribution in [3.63, 3.8) is 0 Å². The molecule has 10 atom stereocenters. The number of ether oxygens (including phenoxy) is 2. The maximum absolute atomic E-state index is 16.0. The van der Waals surface area contributed by atoms with Crippen LogP contribution in [0.3, 0.4) is 0 Å². The lowest BCUT2D eigenvalue weighted by atomic mass is 10.1. The number of pyridine rings is 1. The molecule has 3 aliphatic heterocycles. The van der Waals surface area contributed by atoms with Crippen LogP contribution >= 0.6 is 38.1 Å². The van der Waals surface area contributed by atoms with Crippen molar-refractivity contribution in [2.24, 2.45) is 0 Å². The number of rotatable bonds is 2. The molecule has 0 radical (unpaired) electrons. The van der Waals surface area contributed by atoms with Gasteiger partial charge in [0.1, 0.15) is 29.9 Å². The minimum Gasteiger partial charge on any atom is -0.397 e. The van der Waals surface area contributed by atoms with E-state index in [0.29, 0.717) is 0 Å². The topological polar surface area (TPSA) is 236 Å². The fourth-order valence-corrected chi connectivity index (χ4v) is 8.29. The van der Waals surface area contributed by atoms with Crippen LogP contribution in [0.25, 0.3) is 22.3 Å². The predicted octanol–water partition coefficient (Wildman–Crippen LogP) is 2.09. The molecule has 3 fully saturated rings. The molecule has 0 aromatic carbocycles. The zero-order chi connectivity index (χ0) is 31.8. The molecule has 0 saturated carbocycles. The SMILES string of the molecule is Nc1nc2c(ncn2C2OC3COP(=O)(S)O[C@@H]4C(COP(=O)(S)O[C@H]3[C@H]2F)OC(n2cnc3c(N)ccnc32)[C@@H]4F)c(=O)[nH]1. The molecule has 18 nitrogen and oxygen atoms in total. The average Bonchev–Trinajstić information content (AvgIpc) is 3.72. The number of alkyl halides is 2. The van der Waals surface area contributed by atoms with Crippen molar-refractivity contribution >= 4 is 72.1 Å². The van der Waals surface area contributed by atoms with Gasteiger partial charge in [-0.15, -0.1) is 0 Å². The third-order valence-corrected chi connectivity index (χ3v) is 10.6. The number of fused-ring (bicyclic) bond motifs is 4. The maximum atomic E-state index is 16.0. The first-order chi connectivity index (χ1) is 21.3. The van der Waals surface area contributed by atoms with Crippen molar-refractivity contribution in [3.8, 4) is 0 Å². The molecular formula is C21H23F2N9O9P2S2. The fourth-order valence-electron chi connectivity index (χ4n) is 5.33. The number of imidazole rings is 2. The van der Waals surface area contributed by atoms with Gasteiger partial charge in [-0.3, -0.25) is 37.0 Å². The third-order valence-electron chi connectivity index (χ3n) is 7.34. The Labute approximate surface area is 260 Å². The smallest absolute Gasteiger partial charge is 0.386 e. The zero-order valence-electron chi connectivity index (χ0n) is 22.4. The van der Waals surface area contributed by atoms with Crippen LogP contribution in [0.1, 0.15) is 12.5 Å². The molecule has 6 unspecified atom stereocenters. The molecule has 3 aliphatic rings. The summed E-state index contributed by atoms with van der Waals surface area (Å²) in [6.07, 6.45) is -9.53. The van der Waals surface area contributed by atoms with Crippen LogP contribution in [0, 0.1) is 0 Å². The Morgan fingerprint density at radius 3 is 1.98 bits per heavy atom. The van der Waals surface area contributed by atoms with Crippen molar-refractivity contribution in [3.05, 3.63) is 35.3 Å². The number of hydrogen-bond donors (Lipinski definition) is 5. The summed E-state index contributed by atoms with van der Waals surface area (Å²) in [6.45, 7) is -10.2. The summed E-state index contributed by atoms with van der Waals surface area (Å²) < 4.78 is 94.3. The molecular weight excluding hydrogens is 686 g/mol. The highest BCUT2D eigenvalue weighted by Crippen LogP contribution is 2.60.